The van der Waals surface area contributed by atoms with Crippen molar-refractivity contribution in [3.8, 4) is 11.5 Å². The fourth-order valence-electron chi connectivity index (χ4n) is 4.04. The number of methoxy groups -OCH3 is 1. The minimum Gasteiger partial charge on any atom is -0.493 e. The first-order chi connectivity index (χ1) is 13.8. The van der Waals surface area contributed by atoms with Gasteiger partial charge in [-0.05, 0) is 44.2 Å². The predicted molar refractivity (Wildman–Crippen MR) is 115 cm³/mol. The number of anilines is 2. The molecular formula is C24H28N2O2. The zero-order valence-corrected chi connectivity index (χ0v) is 16.7. The van der Waals surface area contributed by atoms with Gasteiger partial charge in [0.15, 0.2) is 11.5 Å². The Morgan fingerprint density at radius 3 is 2.64 bits per heavy atom. The van der Waals surface area contributed by atoms with Crippen LogP contribution in [-0.2, 0) is 0 Å². The van der Waals surface area contributed by atoms with E-state index < -0.39 is 0 Å². The smallest absolute Gasteiger partial charge is 0.163 e. The molecule has 1 fully saturated rings. The molecule has 4 heteroatoms. The van der Waals surface area contributed by atoms with Gasteiger partial charge in [-0.3, -0.25) is 4.98 Å². The van der Waals surface area contributed by atoms with Crippen LogP contribution in [0.5, 0.6) is 11.5 Å². The third-order valence-electron chi connectivity index (χ3n) is 5.44. The Morgan fingerprint density at radius 2 is 1.86 bits per heavy atom. The minimum atomic E-state index is 0.294. The average molecular weight is 376 g/mol. The second kappa shape index (κ2) is 8.51. The molecule has 1 saturated carbocycles. The molecule has 0 bridgehead atoms. The van der Waals surface area contributed by atoms with E-state index in [-0.39, 0.29) is 0 Å². The molecule has 0 atom stereocenters. The molecule has 1 heterocycles. The minimum absolute atomic E-state index is 0.294. The van der Waals surface area contributed by atoms with Crippen LogP contribution in [0.3, 0.4) is 0 Å². The molecule has 1 aliphatic carbocycles. The van der Waals surface area contributed by atoms with Gasteiger partial charge in [0.1, 0.15) is 0 Å². The van der Waals surface area contributed by atoms with Gasteiger partial charge >= 0.3 is 0 Å². The van der Waals surface area contributed by atoms with Crippen molar-refractivity contribution in [2.45, 2.75) is 45.1 Å². The molecule has 4 rings (SSSR count). The van der Waals surface area contributed by atoms with E-state index in [0.717, 1.165) is 54.1 Å². The number of rotatable bonds is 7. The highest BCUT2D eigenvalue weighted by Crippen LogP contribution is 2.38. The highest BCUT2D eigenvalue weighted by Gasteiger charge is 2.20. The summed E-state index contributed by atoms with van der Waals surface area (Å²) in [5.41, 5.74) is 2.23. The fourth-order valence-corrected chi connectivity index (χ4v) is 4.04. The standard InChI is InChI=1S/C24H28N2O2/c1-3-14-26(22-17-25-16-18-8-4-7-11-21(18)22)19-12-13-23(27-2)24(15-19)28-20-9-5-6-10-20/h4,7-8,11-13,15-17,20H,3,5-6,9-10,14H2,1-2H3. The summed E-state index contributed by atoms with van der Waals surface area (Å²) < 4.78 is 11.9. The molecule has 1 aromatic heterocycles. The van der Waals surface area contributed by atoms with Crippen molar-refractivity contribution in [2.24, 2.45) is 0 Å². The fraction of sp³-hybridized carbons (Fsp3) is 0.375. The Morgan fingerprint density at radius 1 is 1.04 bits per heavy atom. The maximum atomic E-state index is 6.32. The molecule has 1 aliphatic rings. The number of hydrogen-bond donors (Lipinski definition) is 0. The maximum Gasteiger partial charge on any atom is 0.163 e. The zero-order valence-electron chi connectivity index (χ0n) is 16.7. The lowest BCUT2D eigenvalue weighted by Gasteiger charge is -2.27. The molecule has 0 aliphatic heterocycles. The van der Waals surface area contributed by atoms with Gasteiger partial charge in [-0.1, -0.05) is 31.2 Å². The quantitative estimate of drug-likeness (QED) is 0.498. The van der Waals surface area contributed by atoms with Crippen molar-refractivity contribution >= 4 is 22.1 Å². The van der Waals surface area contributed by atoms with Crippen LogP contribution in [0.4, 0.5) is 11.4 Å². The summed E-state index contributed by atoms with van der Waals surface area (Å²) in [4.78, 5) is 6.81. The van der Waals surface area contributed by atoms with Gasteiger partial charge in [0.2, 0.25) is 0 Å². The first-order valence-corrected chi connectivity index (χ1v) is 10.2. The maximum absolute atomic E-state index is 6.32. The number of hydrogen-bond acceptors (Lipinski definition) is 4. The lowest BCUT2D eigenvalue weighted by Crippen LogP contribution is -2.19. The van der Waals surface area contributed by atoms with Crippen LogP contribution in [0.2, 0.25) is 0 Å². The van der Waals surface area contributed by atoms with E-state index in [9.17, 15) is 0 Å². The third-order valence-corrected chi connectivity index (χ3v) is 5.44. The molecule has 0 radical (unpaired) electrons. The molecule has 0 amide bonds. The number of fused-ring (bicyclic) bond motifs is 1. The van der Waals surface area contributed by atoms with Crippen molar-refractivity contribution in [1.29, 1.82) is 0 Å². The number of nitrogens with zero attached hydrogens (tertiary/aromatic N) is 2. The van der Waals surface area contributed by atoms with E-state index in [1.165, 1.54) is 18.2 Å². The molecule has 0 unspecified atom stereocenters. The Hall–Kier alpha value is -2.75. The summed E-state index contributed by atoms with van der Waals surface area (Å²) >= 11 is 0. The number of ether oxygens (including phenoxy) is 2. The van der Waals surface area contributed by atoms with Gasteiger partial charge in [-0.15, -0.1) is 0 Å². The summed E-state index contributed by atoms with van der Waals surface area (Å²) in [5.74, 6) is 1.63. The summed E-state index contributed by atoms with van der Waals surface area (Å²) in [6.07, 6.45) is 9.95. The molecular weight excluding hydrogens is 348 g/mol. The molecule has 0 saturated heterocycles. The lowest BCUT2D eigenvalue weighted by atomic mass is 10.1. The Bertz CT molecular complexity index is 930. The van der Waals surface area contributed by atoms with Gasteiger partial charge in [0, 0.05) is 35.3 Å². The van der Waals surface area contributed by atoms with Crippen molar-refractivity contribution in [1.82, 2.24) is 4.98 Å². The molecule has 28 heavy (non-hydrogen) atoms. The van der Waals surface area contributed by atoms with Gasteiger partial charge in [0.25, 0.3) is 0 Å². The van der Waals surface area contributed by atoms with Crippen LogP contribution in [0.15, 0.2) is 54.9 Å². The van der Waals surface area contributed by atoms with Crippen LogP contribution < -0.4 is 14.4 Å². The largest absolute Gasteiger partial charge is 0.493 e. The van der Waals surface area contributed by atoms with Crippen molar-refractivity contribution in [2.75, 3.05) is 18.6 Å². The summed E-state index contributed by atoms with van der Waals surface area (Å²) in [5, 5.41) is 2.36. The van der Waals surface area contributed by atoms with Gasteiger partial charge in [0.05, 0.1) is 25.1 Å². The van der Waals surface area contributed by atoms with Crippen molar-refractivity contribution < 1.29 is 9.47 Å². The lowest BCUT2D eigenvalue weighted by molar-refractivity contribution is 0.201. The molecule has 0 N–H and O–H groups in total. The normalized spacial score (nSPS) is 14.4. The van der Waals surface area contributed by atoms with Crippen LogP contribution in [0.25, 0.3) is 10.8 Å². The Balaban J connectivity index is 1.75. The van der Waals surface area contributed by atoms with Gasteiger partial charge in [-0.2, -0.15) is 0 Å². The molecule has 3 aromatic rings. The van der Waals surface area contributed by atoms with Crippen LogP contribution in [0, 0.1) is 0 Å². The zero-order chi connectivity index (χ0) is 19.3. The van der Waals surface area contributed by atoms with E-state index in [2.05, 4.69) is 53.2 Å². The number of pyridine rings is 1. The molecule has 146 valence electrons. The summed E-state index contributed by atoms with van der Waals surface area (Å²) in [6, 6.07) is 14.7. The summed E-state index contributed by atoms with van der Waals surface area (Å²) in [7, 11) is 1.70. The van der Waals surface area contributed by atoms with Gasteiger partial charge in [-0.25, -0.2) is 0 Å². The van der Waals surface area contributed by atoms with Gasteiger partial charge < -0.3 is 14.4 Å². The molecule has 4 nitrogen and oxygen atoms in total. The highest BCUT2D eigenvalue weighted by atomic mass is 16.5. The van der Waals surface area contributed by atoms with E-state index in [0.29, 0.717) is 6.10 Å². The van der Waals surface area contributed by atoms with Crippen molar-refractivity contribution in [3.63, 3.8) is 0 Å². The van der Waals surface area contributed by atoms with Crippen LogP contribution >= 0.6 is 0 Å². The van der Waals surface area contributed by atoms with Crippen LogP contribution in [-0.4, -0.2) is 24.7 Å². The van der Waals surface area contributed by atoms with Crippen LogP contribution in [0.1, 0.15) is 39.0 Å². The second-order valence-corrected chi connectivity index (χ2v) is 7.39. The van der Waals surface area contributed by atoms with Crippen molar-refractivity contribution in [3.05, 3.63) is 54.9 Å². The number of aromatic nitrogens is 1. The second-order valence-electron chi connectivity index (χ2n) is 7.39. The van der Waals surface area contributed by atoms with E-state index in [1.807, 2.05) is 18.5 Å². The highest BCUT2D eigenvalue weighted by molar-refractivity contribution is 5.95. The van der Waals surface area contributed by atoms with E-state index >= 15 is 0 Å². The summed E-state index contributed by atoms with van der Waals surface area (Å²) in [6.45, 7) is 3.11. The SMILES string of the molecule is CCCN(c1ccc(OC)c(OC2CCCC2)c1)c1cncc2ccccc12. The Labute approximate surface area is 167 Å². The Kier molecular flexibility index (Phi) is 5.65. The monoisotopic (exact) mass is 376 g/mol. The average Bonchev–Trinajstić information content (AvgIpc) is 3.25. The third kappa shape index (κ3) is 3.77. The number of benzene rings is 2. The topological polar surface area (TPSA) is 34.6 Å². The predicted octanol–water partition coefficient (Wildman–Crippen LogP) is 6.11. The molecule has 2 aromatic carbocycles. The first-order valence-electron chi connectivity index (χ1n) is 10.2. The molecule has 0 spiro atoms. The van der Waals surface area contributed by atoms with E-state index in [1.54, 1.807) is 7.11 Å². The van der Waals surface area contributed by atoms with E-state index in [4.69, 9.17) is 9.47 Å². The first kappa shape index (κ1) is 18.6.